The highest BCUT2D eigenvalue weighted by atomic mass is 16.2. The summed E-state index contributed by atoms with van der Waals surface area (Å²) in [5, 5.41) is 8.63. The molecule has 1 aliphatic heterocycles. The Balaban J connectivity index is 1.95. The highest BCUT2D eigenvalue weighted by Crippen LogP contribution is 2.10. The molecule has 1 aliphatic rings. The molecule has 0 spiro atoms. The Labute approximate surface area is 92.7 Å². The van der Waals surface area contributed by atoms with Gasteiger partial charge in [-0.25, -0.2) is 9.89 Å². The number of hydrogen-bond acceptors (Lipinski definition) is 3. The van der Waals surface area contributed by atoms with Crippen LogP contribution in [0.5, 0.6) is 0 Å². The molecule has 0 bridgehead atoms. The van der Waals surface area contributed by atoms with Gasteiger partial charge in [0.2, 0.25) is 0 Å². The summed E-state index contributed by atoms with van der Waals surface area (Å²) in [6.45, 7) is 1.57. The lowest BCUT2D eigenvalue weighted by Gasteiger charge is -2.26. The van der Waals surface area contributed by atoms with Gasteiger partial charge < -0.3 is 4.90 Å². The number of likely N-dealkylation sites (tertiary alicyclic amines) is 1. The molecule has 1 aromatic rings. The lowest BCUT2D eigenvalue weighted by Crippen LogP contribution is -2.39. The van der Waals surface area contributed by atoms with Crippen molar-refractivity contribution in [3.05, 3.63) is 22.5 Å². The molecular formula is C10H14N4O2. The first kappa shape index (κ1) is 10.7. The molecule has 0 radical (unpaired) electrons. The summed E-state index contributed by atoms with van der Waals surface area (Å²) < 4.78 is 0. The molecule has 0 aromatic carbocycles. The van der Waals surface area contributed by atoms with E-state index in [0.29, 0.717) is 5.82 Å². The lowest BCUT2D eigenvalue weighted by molar-refractivity contribution is 0.200. The highest BCUT2D eigenvalue weighted by molar-refractivity contribution is 5.88. The van der Waals surface area contributed by atoms with Crippen molar-refractivity contribution < 1.29 is 4.79 Å². The molecule has 2 amide bonds. The number of rotatable bonds is 1. The molecule has 0 aliphatic carbocycles. The van der Waals surface area contributed by atoms with Crippen molar-refractivity contribution in [2.75, 3.05) is 18.4 Å². The van der Waals surface area contributed by atoms with E-state index in [1.54, 1.807) is 4.90 Å². The van der Waals surface area contributed by atoms with Crippen molar-refractivity contribution in [1.82, 2.24) is 15.1 Å². The SMILES string of the molecule is O=C(Nc1ccc(=O)[nH]n1)N1CCCCC1. The van der Waals surface area contributed by atoms with E-state index < -0.39 is 0 Å². The van der Waals surface area contributed by atoms with E-state index in [9.17, 15) is 9.59 Å². The quantitative estimate of drug-likeness (QED) is 0.737. The van der Waals surface area contributed by atoms with Crippen LogP contribution in [0.3, 0.4) is 0 Å². The summed E-state index contributed by atoms with van der Waals surface area (Å²) in [4.78, 5) is 24.3. The molecule has 16 heavy (non-hydrogen) atoms. The number of anilines is 1. The Morgan fingerprint density at radius 1 is 1.31 bits per heavy atom. The smallest absolute Gasteiger partial charge is 0.323 e. The van der Waals surface area contributed by atoms with E-state index in [2.05, 4.69) is 15.5 Å². The zero-order valence-corrected chi connectivity index (χ0v) is 8.90. The summed E-state index contributed by atoms with van der Waals surface area (Å²) >= 11 is 0. The maximum atomic E-state index is 11.7. The first-order chi connectivity index (χ1) is 7.75. The molecule has 1 fully saturated rings. The Kier molecular flexibility index (Phi) is 3.19. The van der Waals surface area contributed by atoms with Gasteiger partial charge in [-0.2, -0.15) is 5.10 Å². The molecule has 6 nitrogen and oxygen atoms in total. The van der Waals surface area contributed by atoms with Crippen LogP contribution in [0.2, 0.25) is 0 Å². The number of hydrogen-bond donors (Lipinski definition) is 2. The number of nitrogens with one attached hydrogen (secondary N) is 2. The number of carbonyl (C=O) groups is 1. The number of urea groups is 1. The molecule has 0 unspecified atom stereocenters. The summed E-state index contributed by atoms with van der Waals surface area (Å²) in [5.41, 5.74) is -0.282. The van der Waals surface area contributed by atoms with E-state index >= 15 is 0 Å². The predicted molar refractivity (Wildman–Crippen MR) is 59.3 cm³/mol. The fourth-order valence-electron chi connectivity index (χ4n) is 1.70. The first-order valence-corrected chi connectivity index (χ1v) is 5.37. The van der Waals surface area contributed by atoms with Gasteiger partial charge in [0.15, 0.2) is 5.82 Å². The van der Waals surface area contributed by atoms with Gasteiger partial charge in [0, 0.05) is 19.2 Å². The number of amides is 2. The second-order valence-electron chi connectivity index (χ2n) is 3.78. The van der Waals surface area contributed by atoms with Gasteiger partial charge >= 0.3 is 6.03 Å². The van der Waals surface area contributed by atoms with Gasteiger partial charge in [-0.3, -0.25) is 10.1 Å². The van der Waals surface area contributed by atoms with Gasteiger partial charge in [0.25, 0.3) is 5.56 Å². The summed E-state index contributed by atoms with van der Waals surface area (Å²) in [6, 6.07) is 2.67. The minimum absolute atomic E-state index is 0.153. The Morgan fingerprint density at radius 2 is 2.06 bits per heavy atom. The van der Waals surface area contributed by atoms with Gasteiger partial charge in [0.05, 0.1) is 0 Å². The fourth-order valence-corrected chi connectivity index (χ4v) is 1.70. The van der Waals surface area contributed by atoms with Crippen molar-refractivity contribution in [2.45, 2.75) is 19.3 Å². The van der Waals surface area contributed by atoms with Crippen molar-refractivity contribution in [2.24, 2.45) is 0 Å². The second kappa shape index (κ2) is 4.78. The van der Waals surface area contributed by atoms with Gasteiger partial charge in [-0.1, -0.05) is 0 Å². The number of H-pyrrole nitrogens is 1. The van der Waals surface area contributed by atoms with Crippen LogP contribution in [0.15, 0.2) is 16.9 Å². The predicted octanol–water partition coefficient (Wildman–Crippen LogP) is 0.788. The van der Waals surface area contributed by atoms with Crippen molar-refractivity contribution >= 4 is 11.8 Å². The van der Waals surface area contributed by atoms with E-state index in [1.807, 2.05) is 0 Å². The number of nitrogens with zero attached hydrogens (tertiary/aromatic N) is 2. The van der Waals surface area contributed by atoms with E-state index in [-0.39, 0.29) is 11.6 Å². The monoisotopic (exact) mass is 222 g/mol. The molecule has 2 rings (SSSR count). The molecule has 0 saturated carbocycles. The zero-order chi connectivity index (χ0) is 11.4. The summed E-state index contributed by atoms with van der Waals surface area (Å²) in [6.07, 6.45) is 3.28. The normalized spacial score (nSPS) is 15.9. The Bertz CT molecular complexity index is 403. The van der Waals surface area contributed by atoms with Crippen LogP contribution in [-0.4, -0.2) is 34.2 Å². The van der Waals surface area contributed by atoms with Crippen molar-refractivity contribution in [3.8, 4) is 0 Å². The maximum absolute atomic E-state index is 11.7. The average Bonchev–Trinajstić information content (AvgIpc) is 2.33. The number of aromatic amines is 1. The van der Waals surface area contributed by atoms with Gasteiger partial charge in [-0.15, -0.1) is 0 Å². The Hall–Kier alpha value is -1.85. The molecule has 86 valence electrons. The van der Waals surface area contributed by atoms with Crippen molar-refractivity contribution in [3.63, 3.8) is 0 Å². The maximum Gasteiger partial charge on any atom is 0.323 e. The number of carbonyl (C=O) groups excluding carboxylic acids is 1. The van der Waals surface area contributed by atoms with Crippen LogP contribution in [0.1, 0.15) is 19.3 Å². The van der Waals surface area contributed by atoms with Gasteiger partial charge in [0.1, 0.15) is 0 Å². The van der Waals surface area contributed by atoms with Crippen LogP contribution >= 0.6 is 0 Å². The lowest BCUT2D eigenvalue weighted by atomic mass is 10.1. The largest absolute Gasteiger partial charge is 0.325 e. The zero-order valence-electron chi connectivity index (χ0n) is 8.90. The highest BCUT2D eigenvalue weighted by Gasteiger charge is 2.16. The standard InChI is InChI=1S/C10H14N4O2/c15-9-5-4-8(12-13-9)11-10(16)14-6-2-1-3-7-14/h4-5H,1-3,6-7H2,(H,13,15)(H,11,12,16). The van der Waals surface area contributed by atoms with Crippen LogP contribution in [0, 0.1) is 0 Å². The fraction of sp³-hybridized carbons (Fsp3) is 0.500. The average molecular weight is 222 g/mol. The third-order valence-corrected chi connectivity index (χ3v) is 2.56. The molecule has 2 N–H and O–H groups in total. The van der Waals surface area contributed by atoms with Crippen LogP contribution in [0.25, 0.3) is 0 Å². The molecule has 1 saturated heterocycles. The second-order valence-corrected chi connectivity index (χ2v) is 3.78. The Morgan fingerprint density at radius 3 is 2.69 bits per heavy atom. The van der Waals surface area contributed by atoms with E-state index in [0.717, 1.165) is 25.9 Å². The summed E-state index contributed by atoms with van der Waals surface area (Å²) in [7, 11) is 0. The van der Waals surface area contributed by atoms with Crippen LogP contribution in [0.4, 0.5) is 10.6 Å². The van der Waals surface area contributed by atoms with E-state index in [1.165, 1.54) is 18.6 Å². The van der Waals surface area contributed by atoms with E-state index in [4.69, 9.17) is 0 Å². The van der Waals surface area contributed by atoms with Crippen molar-refractivity contribution in [1.29, 1.82) is 0 Å². The third-order valence-electron chi connectivity index (χ3n) is 2.56. The molecular weight excluding hydrogens is 208 g/mol. The van der Waals surface area contributed by atoms with Gasteiger partial charge in [-0.05, 0) is 25.3 Å². The third kappa shape index (κ3) is 2.59. The number of piperidine rings is 1. The minimum Gasteiger partial charge on any atom is -0.325 e. The molecule has 6 heteroatoms. The number of aromatic nitrogens is 2. The molecule has 1 aromatic heterocycles. The van der Waals surface area contributed by atoms with Crippen LogP contribution < -0.4 is 10.9 Å². The molecule has 2 heterocycles. The first-order valence-electron chi connectivity index (χ1n) is 5.37. The van der Waals surface area contributed by atoms with Crippen LogP contribution in [-0.2, 0) is 0 Å². The molecule has 0 atom stereocenters. The minimum atomic E-state index is -0.282. The topological polar surface area (TPSA) is 78.1 Å². The summed E-state index contributed by atoms with van der Waals surface area (Å²) in [5.74, 6) is 0.371.